The number of likely N-dealkylation sites (tertiary alicyclic amines) is 1. The third-order valence-corrected chi connectivity index (χ3v) is 6.98. The number of nitrogens with zero attached hydrogens (tertiary/aromatic N) is 3. The van der Waals surface area contributed by atoms with Crippen LogP contribution >= 0.6 is 0 Å². The van der Waals surface area contributed by atoms with Gasteiger partial charge in [0.2, 0.25) is 0 Å². The Morgan fingerprint density at radius 1 is 0.896 bits per heavy atom. The average Bonchev–Trinajstić information content (AvgIpc) is 3.30. The van der Waals surface area contributed by atoms with Crippen LogP contribution in [0.4, 0.5) is 24.6 Å². The minimum absolute atomic E-state index is 0.0791. The van der Waals surface area contributed by atoms with Crippen molar-refractivity contribution >= 4 is 24.1 Å². The summed E-state index contributed by atoms with van der Waals surface area (Å²) in [6.07, 6.45) is -1.46. The van der Waals surface area contributed by atoms with E-state index in [1.807, 2.05) is 39.8 Å². The van der Waals surface area contributed by atoms with Crippen molar-refractivity contribution in [1.29, 1.82) is 0 Å². The van der Waals surface area contributed by atoms with E-state index in [-0.39, 0.29) is 23.7 Å². The summed E-state index contributed by atoms with van der Waals surface area (Å²) in [6.45, 7) is 19.9. The Balaban J connectivity index is 1.78. The Morgan fingerprint density at radius 3 is 2.10 bits per heavy atom. The van der Waals surface area contributed by atoms with E-state index in [0.29, 0.717) is 51.3 Å². The first-order chi connectivity index (χ1) is 22.2. The van der Waals surface area contributed by atoms with E-state index >= 15 is 0 Å². The monoisotopic (exact) mass is 672 g/mol. The smallest absolute Gasteiger partial charge is 0.425 e. The molecule has 1 aliphatic rings. The van der Waals surface area contributed by atoms with Gasteiger partial charge in [-0.05, 0) is 124 Å². The van der Waals surface area contributed by atoms with Gasteiger partial charge in [0.1, 0.15) is 28.4 Å². The number of pyridine rings is 1. The first-order valence-corrected chi connectivity index (χ1v) is 16.5. The molecular formula is C36H53FN4O7. The summed E-state index contributed by atoms with van der Waals surface area (Å²) in [6, 6.07) is 10.0. The number of aryl methyl sites for hydroxylation is 1. The maximum Gasteiger partial charge on any atom is 0.425 e. The topological polar surface area (TPSA) is 120 Å². The van der Waals surface area contributed by atoms with Crippen molar-refractivity contribution in [3.63, 3.8) is 0 Å². The number of anilines is 1. The summed E-state index contributed by atoms with van der Waals surface area (Å²) in [5.74, 6) is -0.325. The zero-order chi connectivity index (χ0) is 35.9. The van der Waals surface area contributed by atoms with Crippen molar-refractivity contribution in [2.45, 2.75) is 105 Å². The highest BCUT2D eigenvalue weighted by Crippen LogP contribution is 2.28. The highest BCUT2D eigenvalue weighted by molar-refractivity contribution is 6.08. The summed E-state index contributed by atoms with van der Waals surface area (Å²) >= 11 is 0. The molecule has 0 bridgehead atoms. The molecule has 0 saturated carbocycles. The Bertz CT molecular complexity index is 1390. The van der Waals surface area contributed by atoms with Gasteiger partial charge in [0.05, 0.1) is 19.3 Å². The predicted molar refractivity (Wildman–Crippen MR) is 182 cm³/mol. The van der Waals surface area contributed by atoms with Gasteiger partial charge in [0, 0.05) is 24.7 Å². The van der Waals surface area contributed by atoms with Gasteiger partial charge in [-0.2, -0.15) is 4.90 Å². The first kappa shape index (κ1) is 38.7. The molecule has 1 aliphatic heterocycles. The van der Waals surface area contributed by atoms with Crippen molar-refractivity contribution in [3.05, 3.63) is 59.0 Å². The minimum atomic E-state index is -0.899. The van der Waals surface area contributed by atoms with Crippen LogP contribution in [0.15, 0.2) is 36.4 Å². The number of amides is 3. The van der Waals surface area contributed by atoms with Gasteiger partial charge in [-0.1, -0.05) is 12.1 Å². The molecule has 0 radical (unpaired) electrons. The van der Waals surface area contributed by atoms with Gasteiger partial charge in [-0.15, -0.1) is 0 Å². The average molecular weight is 673 g/mol. The van der Waals surface area contributed by atoms with E-state index in [9.17, 15) is 18.8 Å². The molecule has 3 amide bonds. The number of aromatic nitrogens is 1. The van der Waals surface area contributed by atoms with E-state index in [2.05, 4.69) is 5.32 Å². The number of carbonyl (C=O) groups is 3. The molecule has 1 fully saturated rings. The van der Waals surface area contributed by atoms with Crippen molar-refractivity contribution in [1.82, 2.24) is 15.2 Å². The van der Waals surface area contributed by atoms with Crippen LogP contribution in [0, 0.1) is 18.7 Å². The van der Waals surface area contributed by atoms with Gasteiger partial charge in [0.15, 0.2) is 0 Å². The van der Waals surface area contributed by atoms with Crippen LogP contribution in [-0.4, -0.2) is 83.9 Å². The SMILES string of the molecule is Cc1cc(C[C@@H]2CN(C(=O)OC(C)(C)C)C[C@@H]2OCCNCCc2cccc(F)c2)nc(N(C(=O)OC(C)(C)C)C(=O)OC(C)(C)C)c1. The summed E-state index contributed by atoms with van der Waals surface area (Å²) in [4.78, 5) is 46.8. The van der Waals surface area contributed by atoms with Crippen LogP contribution in [0.1, 0.15) is 79.1 Å². The van der Waals surface area contributed by atoms with E-state index < -0.39 is 35.1 Å². The molecule has 12 heteroatoms. The van der Waals surface area contributed by atoms with Crippen LogP contribution in [0.5, 0.6) is 0 Å². The van der Waals surface area contributed by atoms with Crippen LogP contribution < -0.4 is 10.2 Å². The zero-order valence-corrected chi connectivity index (χ0v) is 30.1. The fourth-order valence-electron chi connectivity index (χ4n) is 5.12. The largest absolute Gasteiger partial charge is 0.444 e. The van der Waals surface area contributed by atoms with Gasteiger partial charge < -0.3 is 29.2 Å². The highest BCUT2D eigenvalue weighted by atomic mass is 19.1. The number of halogens is 1. The Labute approximate surface area is 284 Å². The molecule has 48 heavy (non-hydrogen) atoms. The molecule has 1 aromatic heterocycles. The summed E-state index contributed by atoms with van der Waals surface area (Å²) in [7, 11) is 0. The van der Waals surface area contributed by atoms with E-state index in [0.717, 1.165) is 16.0 Å². The second-order valence-electron chi connectivity index (χ2n) is 15.2. The Morgan fingerprint density at radius 2 is 1.52 bits per heavy atom. The first-order valence-electron chi connectivity index (χ1n) is 16.5. The second-order valence-corrected chi connectivity index (χ2v) is 15.2. The highest BCUT2D eigenvalue weighted by Gasteiger charge is 2.39. The van der Waals surface area contributed by atoms with Crippen LogP contribution in [0.25, 0.3) is 0 Å². The lowest BCUT2D eigenvalue weighted by Gasteiger charge is -2.28. The molecule has 1 aromatic carbocycles. The van der Waals surface area contributed by atoms with Crippen molar-refractivity contribution < 1.29 is 37.7 Å². The third-order valence-electron chi connectivity index (χ3n) is 6.98. The van der Waals surface area contributed by atoms with Crippen molar-refractivity contribution in [2.75, 3.05) is 37.7 Å². The van der Waals surface area contributed by atoms with Crippen molar-refractivity contribution in [3.8, 4) is 0 Å². The maximum absolute atomic E-state index is 13.5. The molecule has 2 aromatic rings. The molecule has 266 valence electrons. The summed E-state index contributed by atoms with van der Waals surface area (Å²) in [5, 5.41) is 3.33. The number of hydrogen-bond acceptors (Lipinski definition) is 9. The number of hydrogen-bond donors (Lipinski definition) is 1. The number of ether oxygens (including phenoxy) is 4. The molecule has 11 nitrogen and oxygen atoms in total. The lowest BCUT2D eigenvalue weighted by molar-refractivity contribution is 0.0186. The maximum atomic E-state index is 13.5. The van der Waals surface area contributed by atoms with Gasteiger partial charge in [-0.3, -0.25) is 0 Å². The van der Waals surface area contributed by atoms with Crippen LogP contribution in [0.3, 0.4) is 0 Å². The number of carbonyl (C=O) groups excluding carboxylic acids is 3. The Hall–Kier alpha value is -3.77. The molecule has 2 atom stereocenters. The van der Waals surface area contributed by atoms with Crippen LogP contribution in [-0.2, 0) is 31.8 Å². The number of nitrogens with one attached hydrogen (secondary N) is 1. The molecule has 3 rings (SSSR count). The minimum Gasteiger partial charge on any atom is -0.444 e. The standard InChI is InChI=1S/C36H53FN4O7/c1-24-18-28(39-30(19-24)41(32(43)47-35(5,6)7)33(44)48-36(8,9)10)21-26-22-40(31(42)46-34(2,3)4)23-29(26)45-17-16-38-15-14-25-12-11-13-27(37)20-25/h11-13,18-20,26,29,38H,14-17,21-23H2,1-10H3/t26-,29+/m1/s1. The fourth-order valence-corrected chi connectivity index (χ4v) is 5.12. The number of rotatable bonds is 10. The fraction of sp³-hybridized carbons (Fsp3) is 0.611. The van der Waals surface area contributed by atoms with Gasteiger partial charge in [0.25, 0.3) is 0 Å². The summed E-state index contributed by atoms with van der Waals surface area (Å²) < 4.78 is 36.5. The molecular weight excluding hydrogens is 619 g/mol. The van der Waals surface area contributed by atoms with E-state index in [1.165, 1.54) is 12.1 Å². The molecule has 1 saturated heterocycles. The lowest BCUT2D eigenvalue weighted by Crippen LogP contribution is -2.44. The van der Waals surface area contributed by atoms with Crippen molar-refractivity contribution in [2.24, 2.45) is 5.92 Å². The zero-order valence-electron chi connectivity index (χ0n) is 30.1. The predicted octanol–water partition coefficient (Wildman–Crippen LogP) is 6.83. The molecule has 0 aliphatic carbocycles. The quantitative estimate of drug-likeness (QED) is 0.214. The lowest BCUT2D eigenvalue weighted by atomic mass is 9.98. The molecule has 2 heterocycles. The second kappa shape index (κ2) is 16.1. The molecule has 1 N–H and O–H groups in total. The van der Waals surface area contributed by atoms with Gasteiger partial charge >= 0.3 is 18.3 Å². The molecule has 0 unspecified atom stereocenters. The number of benzene rings is 1. The van der Waals surface area contributed by atoms with E-state index in [4.69, 9.17) is 23.9 Å². The van der Waals surface area contributed by atoms with Gasteiger partial charge in [-0.25, -0.2) is 23.8 Å². The Kier molecular flexibility index (Phi) is 13.0. The summed E-state index contributed by atoms with van der Waals surface area (Å²) in [5.41, 5.74) is -0.0877. The normalized spacial score (nSPS) is 16.9. The van der Waals surface area contributed by atoms with Crippen LogP contribution in [0.2, 0.25) is 0 Å². The molecule has 0 spiro atoms. The number of imide groups is 1. The third kappa shape index (κ3) is 13.0. The van der Waals surface area contributed by atoms with E-state index in [1.54, 1.807) is 58.6 Å².